The number of nitrogens with zero attached hydrogens (tertiary/aromatic N) is 1. The lowest BCUT2D eigenvalue weighted by molar-refractivity contribution is -0.131. The van der Waals surface area contributed by atoms with Gasteiger partial charge in [-0.25, -0.2) is 4.90 Å². The summed E-state index contributed by atoms with van der Waals surface area (Å²) in [6.45, 7) is 3.37. The van der Waals surface area contributed by atoms with E-state index in [4.69, 9.17) is 4.74 Å². The first kappa shape index (κ1) is 13.7. The molecule has 5 heteroatoms. The zero-order chi connectivity index (χ0) is 15.7. The van der Waals surface area contributed by atoms with Crippen LogP contribution in [0.3, 0.4) is 0 Å². The number of imide groups is 1. The fraction of sp³-hybridized carbons (Fsp3) is 0.412. The van der Waals surface area contributed by atoms with E-state index in [2.05, 4.69) is 0 Å². The number of hydrogen-bond acceptors (Lipinski definition) is 4. The van der Waals surface area contributed by atoms with E-state index >= 15 is 0 Å². The van der Waals surface area contributed by atoms with Gasteiger partial charge in [-0.05, 0) is 25.5 Å². The van der Waals surface area contributed by atoms with Crippen molar-refractivity contribution in [1.29, 1.82) is 0 Å². The molecule has 114 valence electrons. The molecule has 3 heterocycles. The molecule has 2 amide bonds. The molecule has 22 heavy (non-hydrogen) atoms. The van der Waals surface area contributed by atoms with E-state index in [1.165, 1.54) is 4.90 Å². The highest BCUT2D eigenvalue weighted by molar-refractivity contribution is 6.23. The second-order valence-electron chi connectivity index (χ2n) is 6.49. The molecule has 0 aliphatic carbocycles. The van der Waals surface area contributed by atoms with Gasteiger partial charge in [0.05, 0.1) is 29.7 Å². The Hall–Kier alpha value is -1.98. The number of carbonyl (C=O) groups is 2. The van der Waals surface area contributed by atoms with Crippen molar-refractivity contribution < 1.29 is 19.4 Å². The van der Waals surface area contributed by atoms with E-state index in [9.17, 15) is 14.7 Å². The molecule has 0 unspecified atom stereocenters. The van der Waals surface area contributed by atoms with Gasteiger partial charge in [0.15, 0.2) is 0 Å². The number of amides is 2. The van der Waals surface area contributed by atoms with Crippen LogP contribution in [-0.4, -0.2) is 34.7 Å². The van der Waals surface area contributed by atoms with Crippen molar-refractivity contribution in [2.75, 3.05) is 11.5 Å². The van der Waals surface area contributed by atoms with Crippen molar-refractivity contribution >= 4 is 17.5 Å². The third-order valence-electron chi connectivity index (χ3n) is 5.16. The zero-order valence-corrected chi connectivity index (χ0v) is 12.4. The van der Waals surface area contributed by atoms with Gasteiger partial charge in [-0.3, -0.25) is 9.59 Å². The Balaban J connectivity index is 1.84. The summed E-state index contributed by atoms with van der Waals surface area (Å²) >= 11 is 0. The van der Waals surface area contributed by atoms with Gasteiger partial charge in [-0.15, -0.1) is 0 Å². The molecule has 0 saturated carbocycles. The normalized spacial score (nSPS) is 39.0. The molecule has 1 aromatic rings. The van der Waals surface area contributed by atoms with Gasteiger partial charge in [-0.2, -0.15) is 0 Å². The monoisotopic (exact) mass is 299 g/mol. The summed E-state index contributed by atoms with van der Waals surface area (Å²) in [5.41, 5.74) is -0.405. The van der Waals surface area contributed by atoms with Crippen LogP contribution in [0, 0.1) is 18.8 Å². The van der Waals surface area contributed by atoms with Crippen molar-refractivity contribution in [3.8, 4) is 0 Å². The number of ether oxygens (including phenoxy) is 1. The van der Waals surface area contributed by atoms with Gasteiger partial charge >= 0.3 is 0 Å². The lowest BCUT2D eigenvalue weighted by Gasteiger charge is -2.27. The maximum absolute atomic E-state index is 12.9. The van der Waals surface area contributed by atoms with E-state index in [0.717, 1.165) is 5.56 Å². The molecule has 2 saturated heterocycles. The van der Waals surface area contributed by atoms with Crippen molar-refractivity contribution in [2.24, 2.45) is 11.8 Å². The van der Waals surface area contributed by atoms with E-state index in [-0.39, 0.29) is 18.4 Å². The van der Waals surface area contributed by atoms with Crippen LogP contribution >= 0.6 is 0 Å². The SMILES string of the molecule is Cc1ccccc1N1C(=O)[C@@H]2[C@H](C1=O)[C@@]1(CO)C=C[C@@]2(C)O1. The minimum absolute atomic E-state index is 0.244. The Labute approximate surface area is 128 Å². The molecule has 3 aliphatic rings. The molecule has 4 rings (SSSR count). The smallest absolute Gasteiger partial charge is 0.241 e. The predicted molar refractivity (Wildman–Crippen MR) is 79.1 cm³/mol. The van der Waals surface area contributed by atoms with Crippen molar-refractivity contribution in [1.82, 2.24) is 0 Å². The Morgan fingerprint density at radius 1 is 1.18 bits per heavy atom. The summed E-state index contributed by atoms with van der Waals surface area (Å²) in [6, 6.07) is 7.33. The van der Waals surface area contributed by atoms with Crippen LogP contribution in [0.25, 0.3) is 0 Å². The number of carbonyl (C=O) groups excluding carboxylic acids is 2. The fourth-order valence-corrected chi connectivity index (χ4v) is 4.09. The molecule has 1 N–H and O–H groups in total. The predicted octanol–water partition coefficient (Wildman–Crippen LogP) is 1.19. The molecule has 5 nitrogen and oxygen atoms in total. The summed E-state index contributed by atoms with van der Waals surface area (Å²) in [5, 5.41) is 9.76. The average Bonchev–Trinajstić information content (AvgIpc) is 3.07. The Kier molecular flexibility index (Phi) is 2.52. The second kappa shape index (κ2) is 4.06. The lowest BCUT2D eigenvalue weighted by atomic mass is 9.73. The Morgan fingerprint density at radius 2 is 1.86 bits per heavy atom. The number of rotatable bonds is 2. The molecular weight excluding hydrogens is 282 g/mol. The number of hydrogen-bond donors (Lipinski definition) is 1. The summed E-state index contributed by atoms with van der Waals surface area (Å²) in [7, 11) is 0. The molecule has 2 fully saturated rings. The van der Waals surface area contributed by atoms with Gasteiger partial charge in [0.1, 0.15) is 5.60 Å². The van der Waals surface area contributed by atoms with Crippen LogP contribution in [0.1, 0.15) is 12.5 Å². The number of aliphatic hydroxyl groups excluding tert-OH is 1. The minimum Gasteiger partial charge on any atom is -0.393 e. The molecule has 4 atom stereocenters. The Morgan fingerprint density at radius 3 is 2.55 bits per heavy atom. The van der Waals surface area contributed by atoms with Crippen molar-refractivity contribution in [3.05, 3.63) is 42.0 Å². The highest BCUT2D eigenvalue weighted by Gasteiger charge is 2.72. The molecular formula is C17H17NO4. The zero-order valence-electron chi connectivity index (χ0n) is 12.4. The number of benzene rings is 1. The highest BCUT2D eigenvalue weighted by Crippen LogP contribution is 2.57. The minimum atomic E-state index is -1.07. The molecule has 0 radical (unpaired) electrons. The van der Waals surface area contributed by atoms with E-state index in [1.54, 1.807) is 25.1 Å². The molecule has 0 spiro atoms. The standard InChI is InChI=1S/C17H17NO4/c1-10-5-3-4-6-11(10)18-14(20)12-13(15(18)21)17(9-19)8-7-16(12,2)22-17/h3-8,12-13,19H,9H2,1-2H3/t12-,13+,16+,17-/m0/s1. The summed E-state index contributed by atoms with van der Waals surface area (Å²) in [5.74, 6) is -1.76. The van der Waals surface area contributed by atoms with Gasteiger partial charge in [0.25, 0.3) is 0 Å². The van der Waals surface area contributed by atoms with E-state index < -0.39 is 23.0 Å². The van der Waals surface area contributed by atoms with E-state index in [0.29, 0.717) is 5.69 Å². The van der Waals surface area contributed by atoms with Crippen LogP contribution in [0.2, 0.25) is 0 Å². The fourth-order valence-electron chi connectivity index (χ4n) is 4.09. The quantitative estimate of drug-likeness (QED) is 0.658. The largest absolute Gasteiger partial charge is 0.393 e. The van der Waals surface area contributed by atoms with Crippen LogP contribution in [0.4, 0.5) is 5.69 Å². The number of para-hydroxylation sites is 1. The average molecular weight is 299 g/mol. The van der Waals surface area contributed by atoms with Crippen LogP contribution in [-0.2, 0) is 14.3 Å². The number of aryl methyl sites for hydroxylation is 1. The third kappa shape index (κ3) is 1.40. The van der Waals surface area contributed by atoms with Crippen LogP contribution in [0.15, 0.2) is 36.4 Å². The van der Waals surface area contributed by atoms with Crippen LogP contribution < -0.4 is 4.90 Å². The van der Waals surface area contributed by atoms with Crippen LogP contribution in [0.5, 0.6) is 0 Å². The first-order chi connectivity index (χ1) is 10.4. The highest BCUT2D eigenvalue weighted by atomic mass is 16.5. The van der Waals surface area contributed by atoms with Gasteiger partial charge in [0, 0.05) is 0 Å². The van der Waals surface area contributed by atoms with Crippen molar-refractivity contribution in [3.63, 3.8) is 0 Å². The number of anilines is 1. The Bertz CT molecular complexity index is 727. The molecule has 3 aliphatic heterocycles. The lowest BCUT2D eigenvalue weighted by Crippen LogP contribution is -2.43. The third-order valence-corrected chi connectivity index (χ3v) is 5.16. The summed E-state index contributed by atoms with van der Waals surface area (Å²) in [6.07, 6.45) is 3.54. The first-order valence-corrected chi connectivity index (χ1v) is 7.38. The topological polar surface area (TPSA) is 66.8 Å². The number of aliphatic hydroxyl groups is 1. The molecule has 1 aromatic carbocycles. The summed E-state index contributed by atoms with van der Waals surface area (Å²) in [4.78, 5) is 27.1. The van der Waals surface area contributed by atoms with Gasteiger partial charge in [0.2, 0.25) is 11.8 Å². The first-order valence-electron chi connectivity index (χ1n) is 7.38. The maximum Gasteiger partial charge on any atom is 0.241 e. The van der Waals surface area contributed by atoms with Gasteiger partial charge in [-0.1, -0.05) is 30.4 Å². The van der Waals surface area contributed by atoms with Crippen molar-refractivity contribution in [2.45, 2.75) is 25.0 Å². The number of fused-ring (bicyclic) bond motifs is 5. The summed E-state index contributed by atoms with van der Waals surface area (Å²) < 4.78 is 5.89. The van der Waals surface area contributed by atoms with E-state index in [1.807, 2.05) is 25.1 Å². The second-order valence-corrected chi connectivity index (χ2v) is 6.49. The molecule has 0 aromatic heterocycles. The maximum atomic E-state index is 12.9. The molecule has 2 bridgehead atoms. The van der Waals surface area contributed by atoms with Gasteiger partial charge < -0.3 is 9.84 Å².